The van der Waals surface area contributed by atoms with E-state index in [9.17, 15) is 9.18 Å². The summed E-state index contributed by atoms with van der Waals surface area (Å²) in [5, 5.41) is 0. The Balaban J connectivity index is 2.22. The highest BCUT2D eigenvalue weighted by atomic mass is 19.1. The first-order valence-corrected chi connectivity index (χ1v) is 5.48. The summed E-state index contributed by atoms with van der Waals surface area (Å²) in [7, 11) is 0. The second kappa shape index (κ2) is 5.34. The molecule has 1 amide bonds. The normalized spacial score (nSPS) is 10.2. The number of hydrogen-bond donors (Lipinski definition) is 2. The van der Waals surface area contributed by atoms with Crippen LogP contribution in [0.25, 0.3) is 0 Å². The maximum Gasteiger partial charge on any atom is 0.252 e. The number of para-hydroxylation sites is 1. The van der Waals surface area contributed by atoms with Crippen molar-refractivity contribution >= 4 is 11.6 Å². The molecular weight excluding hydrogens is 249 g/mol. The second-order valence-corrected chi connectivity index (χ2v) is 3.89. The van der Waals surface area contributed by atoms with Gasteiger partial charge in [0, 0.05) is 11.8 Å². The van der Waals surface area contributed by atoms with Crippen molar-refractivity contribution in [2.24, 2.45) is 5.73 Å². The summed E-state index contributed by atoms with van der Waals surface area (Å²) in [6.07, 6.45) is 2.56. The van der Waals surface area contributed by atoms with Crippen molar-refractivity contribution in [3.63, 3.8) is 0 Å². The highest BCUT2D eigenvalue weighted by molar-refractivity contribution is 5.97. The number of nitrogen functional groups attached to an aromatic ring is 1. The van der Waals surface area contributed by atoms with E-state index in [1.807, 2.05) is 0 Å². The standard InChI is InChI=1S/C13H12FN3O2/c14-9-4-8(5-17-6-9)7-19-12-10(13(16)18)2-1-3-11(12)15/h1-6H,7,15H2,(H2,16,18). The first-order chi connectivity index (χ1) is 9.08. The van der Waals surface area contributed by atoms with Crippen molar-refractivity contribution in [3.8, 4) is 5.75 Å². The number of aromatic nitrogens is 1. The van der Waals surface area contributed by atoms with Gasteiger partial charge in [0.2, 0.25) is 0 Å². The molecule has 0 spiro atoms. The van der Waals surface area contributed by atoms with E-state index in [4.69, 9.17) is 16.2 Å². The lowest BCUT2D eigenvalue weighted by atomic mass is 10.1. The smallest absolute Gasteiger partial charge is 0.252 e. The Kier molecular flexibility index (Phi) is 3.61. The molecule has 5 nitrogen and oxygen atoms in total. The van der Waals surface area contributed by atoms with E-state index < -0.39 is 11.7 Å². The van der Waals surface area contributed by atoms with Crippen molar-refractivity contribution in [1.82, 2.24) is 4.98 Å². The molecule has 98 valence electrons. The molecule has 2 aromatic rings. The number of primary amides is 1. The lowest BCUT2D eigenvalue weighted by Crippen LogP contribution is -2.14. The van der Waals surface area contributed by atoms with Crippen LogP contribution in [0, 0.1) is 5.82 Å². The molecule has 0 atom stereocenters. The van der Waals surface area contributed by atoms with Gasteiger partial charge in [0.25, 0.3) is 5.91 Å². The molecule has 0 saturated carbocycles. The summed E-state index contributed by atoms with van der Waals surface area (Å²) in [5.74, 6) is -0.906. The molecule has 0 aliphatic heterocycles. The van der Waals surface area contributed by atoms with E-state index in [0.29, 0.717) is 11.3 Å². The number of hydrogen-bond acceptors (Lipinski definition) is 4. The zero-order valence-corrected chi connectivity index (χ0v) is 9.97. The number of anilines is 1. The van der Waals surface area contributed by atoms with Crippen molar-refractivity contribution in [2.45, 2.75) is 6.61 Å². The first-order valence-electron chi connectivity index (χ1n) is 5.48. The molecule has 0 radical (unpaired) electrons. The van der Waals surface area contributed by atoms with Crippen LogP contribution in [0.2, 0.25) is 0 Å². The number of carbonyl (C=O) groups is 1. The molecule has 0 unspecified atom stereocenters. The Morgan fingerprint density at radius 2 is 2.16 bits per heavy atom. The minimum absolute atomic E-state index is 0.0409. The minimum atomic E-state index is -0.639. The lowest BCUT2D eigenvalue weighted by Gasteiger charge is -2.11. The third kappa shape index (κ3) is 2.98. The fraction of sp³-hybridized carbons (Fsp3) is 0.0769. The summed E-state index contributed by atoms with van der Waals surface area (Å²) in [5.41, 5.74) is 12.0. The summed E-state index contributed by atoms with van der Waals surface area (Å²) in [4.78, 5) is 15.0. The third-order valence-corrected chi connectivity index (χ3v) is 2.46. The van der Waals surface area contributed by atoms with Crippen LogP contribution in [0.3, 0.4) is 0 Å². The first kappa shape index (κ1) is 12.8. The van der Waals surface area contributed by atoms with Crippen molar-refractivity contribution < 1.29 is 13.9 Å². The summed E-state index contributed by atoms with van der Waals surface area (Å²) >= 11 is 0. The van der Waals surface area contributed by atoms with Gasteiger partial charge in [-0.05, 0) is 18.2 Å². The molecule has 0 saturated heterocycles. The molecule has 1 aromatic carbocycles. The Hall–Kier alpha value is -2.63. The van der Waals surface area contributed by atoms with E-state index in [1.54, 1.807) is 12.1 Å². The molecule has 0 aliphatic carbocycles. The Labute approximate surface area is 109 Å². The van der Waals surface area contributed by atoms with E-state index in [-0.39, 0.29) is 17.9 Å². The van der Waals surface area contributed by atoms with Crippen molar-refractivity contribution in [1.29, 1.82) is 0 Å². The van der Waals surface area contributed by atoms with Crippen LogP contribution in [0.5, 0.6) is 5.75 Å². The molecule has 2 rings (SSSR count). The van der Waals surface area contributed by atoms with Gasteiger partial charge in [0.05, 0.1) is 17.4 Å². The summed E-state index contributed by atoms with van der Waals surface area (Å²) in [6, 6.07) is 5.99. The van der Waals surface area contributed by atoms with Crippen LogP contribution in [-0.4, -0.2) is 10.9 Å². The number of carbonyl (C=O) groups excluding carboxylic acids is 1. The van der Waals surface area contributed by atoms with E-state index in [2.05, 4.69) is 4.98 Å². The van der Waals surface area contributed by atoms with Crippen LogP contribution in [0.15, 0.2) is 36.7 Å². The van der Waals surface area contributed by atoms with Crippen LogP contribution in [0.4, 0.5) is 10.1 Å². The second-order valence-electron chi connectivity index (χ2n) is 3.89. The summed E-state index contributed by atoms with van der Waals surface area (Å²) < 4.78 is 18.4. The number of rotatable bonds is 4. The van der Waals surface area contributed by atoms with Gasteiger partial charge in [-0.2, -0.15) is 0 Å². The Morgan fingerprint density at radius 1 is 1.37 bits per heavy atom. The molecule has 0 aliphatic rings. The van der Waals surface area contributed by atoms with E-state index in [0.717, 1.165) is 6.20 Å². The fourth-order valence-electron chi connectivity index (χ4n) is 1.60. The fourth-order valence-corrected chi connectivity index (χ4v) is 1.60. The van der Waals surface area contributed by atoms with Gasteiger partial charge in [-0.15, -0.1) is 0 Å². The molecular formula is C13H12FN3O2. The predicted molar refractivity (Wildman–Crippen MR) is 67.9 cm³/mol. The molecule has 0 fully saturated rings. The zero-order valence-electron chi connectivity index (χ0n) is 9.97. The molecule has 1 heterocycles. The van der Waals surface area contributed by atoms with Crippen LogP contribution >= 0.6 is 0 Å². The van der Waals surface area contributed by atoms with Crippen molar-refractivity contribution in [2.75, 3.05) is 5.73 Å². The molecule has 1 aromatic heterocycles. The van der Waals surface area contributed by atoms with Gasteiger partial charge in [0.15, 0.2) is 5.75 Å². The number of nitrogens with zero attached hydrogens (tertiary/aromatic N) is 1. The van der Waals surface area contributed by atoms with Crippen LogP contribution < -0.4 is 16.2 Å². The number of pyridine rings is 1. The van der Waals surface area contributed by atoms with Gasteiger partial charge in [-0.3, -0.25) is 9.78 Å². The highest BCUT2D eigenvalue weighted by Gasteiger charge is 2.12. The predicted octanol–water partition coefficient (Wildman–Crippen LogP) is 1.48. The third-order valence-electron chi connectivity index (χ3n) is 2.46. The number of benzene rings is 1. The Bertz CT molecular complexity index is 617. The topological polar surface area (TPSA) is 91.2 Å². The Morgan fingerprint density at radius 3 is 2.84 bits per heavy atom. The van der Waals surface area contributed by atoms with E-state index in [1.165, 1.54) is 18.3 Å². The maximum atomic E-state index is 13.0. The number of amides is 1. The van der Waals surface area contributed by atoms with E-state index >= 15 is 0 Å². The van der Waals surface area contributed by atoms with Gasteiger partial charge < -0.3 is 16.2 Å². The number of nitrogens with two attached hydrogens (primary N) is 2. The number of ether oxygens (including phenoxy) is 1. The quantitative estimate of drug-likeness (QED) is 0.815. The summed E-state index contributed by atoms with van der Waals surface area (Å²) in [6.45, 7) is 0.0409. The minimum Gasteiger partial charge on any atom is -0.486 e. The number of halogens is 1. The van der Waals surface area contributed by atoms with Crippen LogP contribution in [-0.2, 0) is 6.61 Å². The average Bonchev–Trinajstić information content (AvgIpc) is 2.37. The monoisotopic (exact) mass is 261 g/mol. The van der Waals surface area contributed by atoms with Crippen molar-refractivity contribution in [3.05, 3.63) is 53.6 Å². The molecule has 19 heavy (non-hydrogen) atoms. The van der Waals surface area contributed by atoms with Gasteiger partial charge in [-0.25, -0.2) is 4.39 Å². The zero-order chi connectivity index (χ0) is 13.8. The average molecular weight is 261 g/mol. The van der Waals surface area contributed by atoms with Gasteiger partial charge in [-0.1, -0.05) is 6.07 Å². The molecule has 0 bridgehead atoms. The molecule has 6 heteroatoms. The van der Waals surface area contributed by atoms with Gasteiger partial charge in [0.1, 0.15) is 12.4 Å². The highest BCUT2D eigenvalue weighted by Crippen LogP contribution is 2.26. The maximum absolute atomic E-state index is 13.0. The van der Waals surface area contributed by atoms with Crippen LogP contribution in [0.1, 0.15) is 15.9 Å². The molecule has 4 N–H and O–H groups in total. The lowest BCUT2D eigenvalue weighted by molar-refractivity contribution is 0.0996. The SMILES string of the molecule is NC(=O)c1cccc(N)c1OCc1cncc(F)c1. The largest absolute Gasteiger partial charge is 0.486 e. The van der Waals surface area contributed by atoms with Gasteiger partial charge >= 0.3 is 0 Å².